The Morgan fingerprint density at radius 1 is 1.47 bits per heavy atom. The van der Waals surface area contributed by atoms with Crippen LogP contribution in [-0.4, -0.2) is 14.5 Å². The zero-order valence-electron chi connectivity index (χ0n) is 9.11. The Kier molecular flexibility index (Phi) is 3.10. The Balaban J connectivity index is 2.40. The molecule has 0 aliphatic rings. The van der Waals surface area contributed by atoms with Crippen LogP contribution in [0, 0.1) is 6.92 Å². The summed E-state index contributed by atoms with van der Waals surface area (Å²) in [5, 5.41) is 0.559. The first-order chi connectivity index (χ1) is 8.06. The number of aromatic nitrogens is 3. The summed E-state index contributed by atoms with van der Waals surface area (Å²) >= 11 is 5.82. The smallest absolute Gasteiger partial charge is 0.294 e. The Hall–Kier alpha value is -1.88. The molecule has 88 valence electrons. The minimum Gasteiger partial charge on any atom is -0.294 e. The molecule has 0 spiro atoms. The molecule has 1 N–H and O–H groups in total. The van der Waals surface area contributed by atoms with Gasteiger partial charge in [0.05, 0.1) is 12.2 Å². The molecule has 0 atom stereocenters. The highest BCUT2D eigenvalue weighted by atomic mass is 35.5. The second-order valence-electron chi connectivity index (χ2n) is 3.66. The lowest BCUT2D eigenvalue weighted by Gasteiger charge is -2.05. The van der Waals surface area contributed by atoms with Gasteiger partial charge in [0.15, 0.2) is 0 Å². The van der Waals surface area contributed by atoms with E-state index < -0.39 is 5.69 Å². The summed E-state index contributed by atoms with van der Waals surface area (Å²) < 4.78 is 1.38. The molecule has 0 bridgehead atoms. The Bertz CT molecular complexity index is 660. The SMILES string of the molecule is Cc1cn(Cc2cc(Cl)ccn2)c(=O)[nH]c1=O. The summed E-state index contributed by atoms with van der Waals surface area (Å²) in [6.45, 7) is 1.91. The van der Waals surface area contributed by atoms with Gasteiger partial charge in [-0.1, -0.05) is 11.6 Å². The maximum Gasteiger partial charge on any atom is 0.328 e. The van der Waals surface area contributed by atoms with E-state index in [1.807, 2.05) is 0 Å². The van der Waals surface area contributed by atoms with E-state index in [2.05, 4.69) is 9.97 Å². The lowest BCUT2D eigenvalue weighted by molar-refractivity contribution is 0.699. The lowest BCUT2D eigenvalue weighted by Crippen LogP contribution is -2.31. The van der Waals surface area contributed by atoms with Gasteiger partial charge in [0.1, 0.15) is 0 Å². The number of hydrogen-bond acceptors (Lipinski definition) is 3. The molecule has 0 amide bonds. The first kappa shape index (κ1) is 11.6. The zero-order chi connectivity index (χ0) is 12.4. The fourth-order valence-corrected chi connectivity index (χ4v) is 1.63. The minimum atomic E-state index is -0.456. The van der Waals surface area contributed by atoms with E-state index in [-0.39, 0.29) is 12.1 Å². The summed E-state index contributed by atoms with van der Waals surface area (Å²) in [7, 11) is 0. The van der Waals surface area contributed by atoms with Crippen molar-refractivity contribution in [2.75, 3.05) is 0 Å². The van der Waals surface area contributed by atoms with Gasteiger partial charge in [-0.15, -0.1) is 0 Å². The molecule has 2 rings (SSSR count). The summed E-state index contributed by atoms with van der Waals surface area (Å²) in [6, 6.07) is 3.33. The molecule has 6 heteroatoms. The highest BCUT2D eigenvalue weighted by Crippen LogP contribution is 2.08. The van der Waals surface area contributed by atoms with Gasteiger partial charge >= 0.3 is 5.69 Å². The van der Waals surface area contributed by atoms with Gasteiger partial charge in [0.2, 0.25) is 0 Å². The lowest BCUT2D eigenvalue weighted by atomic mass is 10.3. The van der Waals surface area contributed by atoms with Crippen LogP contribution in [0.4, 0.5) is 0 Å². The van der Waals surface area contributed by atoms with E-state index in [0.29, 0.717) is 16.3 Å². The minimum absolute atomic E-state index is 0.275. The van der Waals surface area contributed by atoms with Crippen molar-refractivity contribution in [1.29, 1.82) is 0 Å². The molecule has 17 heavy (non-hydrogen) atoms. The molecule has 0 radical (unpaired) electrons. The van der Waals surface area contributed by atoms with Crippen molar-refractivity contribution in [3.8, 4) is 0 Å². The number of aromatic amines is 1. The number of rotatable bonds is 2. The second kappa shape index (κ2) is 4.55. The van der Waals surface area contributed by atoms with Crippen molar-refractivity contribution < 1.29 is 0 Å². The van der Waals surface area contributed by atoms with Gasteiger partial charge in [-0.05, 0) is 19.1 Å². The molecule has 5 nitrogen and oxygen atoms in total. The van der Waals surface area contributed by atoms with Gasteiger partial charge in [-0.2, -0.15) is 0 Å². The molecule has 0 fully saturated rings. The third kappa shape index (κ3) is 2.62. The van der Waals surface area contributed by atoms with Gasteiger partial charge in [-0.25, -0.2) is 4.79 Å². The third-order valence-corrected chi connectivity index (χ3v) is 2.54. The summed E-state index contributed by atoms with van der Waals surface area (Å²) in [4.78, 5) is 29.0. The standard InChI is InChI=1S/C11H10ClN3O2/c1-7-5-15(11(17)14-10(7)16)6-9-4-8(12)2-3-13-9/h2-5H,6H2,1H3,(H,14,16,17). The highest BCUT2D eigenvalue weighted by Gasteiger charge is 2.03. The average Bonchev–Trinajstić information content (AvgIpc) is 2.26. The second-order valence-corrected chi connectivity index (χ2v) is 4.10. The summed E-state index contributed by atoms with van der Waals surface area (Å²) in [5.41, 5.74) is 0.311. The average molecular weight is 252 g/mol. The van der Waals surface area contributed by atoms with Crippen LogP contribution >= 0.6 is 11.6 Å². The number of nitrogens with zero attached hydrogens (tertiary/aromatic N) is 2. The summed E-state index contributed by atoms with van der Waals surface area (Å²) in [6.07, 6.45) is 3.07. The van der Waals surface area contributed by atoms with Crippen LogP contribution in [0.3, 0.4) is 0 Å². The first-order valence-electron chi connectivity index (χ1n) is 4.97. The maximum absolute atomic E-state index is 11.5. The van der Waals surface area contributed by atoms with Crippen LogP contribution in [0.25, 0.3) is 0 Å². The topological polar surface area (TPSA) is 67.8 Å². The van der Waals surface area contributed by atoms with E-state index in [4.69, 9.17) is 11.6 Å². The number of hydrogen-bond donors (Lipinski definition) is 1. The molecule has 0 aromatic carbocycles. The normalized spacial score (nSPS) is 10.5. The molecule has 0 saturated carbocycles. The molecule has 2 aromatic heterocycles. The molecule has 0 aliphatic heterocycles. The van der Waals surface area contributed by atoms with Gasteiger partial charge in [0, 0.05) is 23.0 Å². The first-order valence-corrected chi connectivity index (χ1v) is 5.35. The Morgan fingerprint density at radius 3 is 2.94 bits per heavy atom. The third-order valence-electron chi connectivity index (χ3n) is 2.30. The number of aryl methyl sites for hydroxylation is 1. The van der Waals surface area contributed by atoms with E-state index >= 15 is 0 Å². The quantitative estimate of drug-likeness (QED) is 0.864. The predicted molar refractivity (Wildman–Crippen MR) is 64.4 cm³/mol. The number of nitrogens with one attached hydrogen (secondary N) is 1. The van der Waals surface area contributed by atoms with Crippen molar-refractivity contribution in [3.63, 3.8) is 0 Å². The van der Waals surface area contributed by atoms with Crippen LogP contribution in [-0.2, 0) is 6.54 Å². The van der Waals surface area contributed by atoms with E-state index in [1.54, 1.807) is 25.3 Å². The van der Waals surface area contributed by atoms with E-state index in [1.165, 1.54) is 10.8 Å². The van der Waals surface area contributed by atoms with Crippen molar-refractivity contribution in [3.05, 3.63) is 61.6 Å². The van der Waals surface area contributed by atoms with Gasteiger partial charge in [-0.3, -0.25) is 19.3 Å². The number of pyridine rings is 1. The number of H-pyrrole nitrogens is 1. The van der Waals surface area contributed by atoms with Crippen LogP contribution in [0.5, 0.6) is 0 Å². The number of halogens is 1. The molecule has 0 unspecified atom stereocenters. The fraction of sp³-hybridized carbons (Fsp3) is 0.182. The molecular weight excluding hydrogens is 242 g/mol. The molecular formula is C11H10ClN3O2. The van der Waals surface area contributed by atoms with Crippen LogP contribution in [0.1, 0.15) is 11.3 Å². The highest BCUT2D eigenvalue weighted by molar-refractivity contribution is 6.30. The van der Waals surface area contributed by atoms with Crippen molar-refractivity contribution in [1.82, 2.24) is 14.5 Å². The van der Waals surface area contributed by atoms with Crippen LogP contribution in [0.15, 0.2) is 34.1 Å². The monoisotopic (exact) mass is 251 g/mol. The predicted octanol–water partition coefficient (Wildman–Crippen LogP) is 0.942. The van der Waals surface area contributed by atoms with E-state index in [0.717, 1.165) is 0 Å². The Morgan fingerprint density at radius 2 is 2.24 bits per heavy atom. The largest absolute Gasteiger partial charge is 0.328 e. The summed E-state index contributed by atoms with van der Waals surface area (Å²) in [5.74, 6) is 0. The van der Waals surface area contributed by atoms with Crippen molar-refractivity contribution >= 4 is 11.6 Å². The fourth-order valence-electron chi connectivity index (χ4n) is 1.45. The molecule has 0 aliphatic carbocycles. The molecule has 2 heterocycles. The van der Waals surface area contributed by atoms with Crippen LogP contribution in [0.2, 0.25) is 5.02 Å². The van der Waals surface area contributed by atoms with Gasteiger partial charge < -0.3 is 0 Å². The Labute approximate surface area is 102 Å². The van der Waals surface area contributed by atoms with Crippen LogP contribution < -0.4 is 11.2 Å². The molecule has 2 aromatic rings. The van der Waals surface area contributed by atoms with Gasteiger partial charge in [0.25, 0.3) is 5.56 Å². The molecule has 0 saturated heterocycles. The van der Waals surface area contributed by atoms with Crippen molar-refractivity contribution in [2.45, 2.75) is 13.5 Å². The zero-order valence-corrected chi connectivity index (χ0v) is 9.86. The van der Waals surface area contributed by atoms with Crippen molar-refractivity contribution in [2.24, 2.45) is 0 Å². The van der Waals surface area contributed by atoms with E-state index in [9.17, 15) is 9.59 Å². The maximum atomic E-state index is 11.5.